The third-order valence-corrected chi connectivity index (χ3v) is 3.75. The lowest BCUT2D eigenvalue weighted by Gasteiger charge is -2.23. The first-order chi connectivity index (χ1) is 9.30. The highest BCUT2D eigenvalue weighted by molar-refractivity contribution is 7.73. The number of nitrogens with zero attached hydrogens (tertiary/aromatic N) is 1. The van der Waals surface area contributed by atoms with E-state index in [4.69, 9.17) is 18.3 Å². The molecule has 112 valence electrons. The van der Waals surface area contributed by atoms with Crippen LogP contribution in [0, 0.1) is 0 Å². The van der Waals surface area contributed by atoms with Gasteiger partial charge in [0, 0.05) is 11.1 Å². The zero-order chi connectivity index (χ0) is 15.3. The summed E-state index contributed by atoms with van der Waals surface area (Å²) >= 11 is -2.86. The van der Waals surface area contributed by atoms with Crippen LogP contribution in [0.3, 0.4) is 0 Å². The van der Waals surface area contributed by atoms with Crippen molar-refractivity contribution in [1.82, 2.24) is 0 Å². The van der Waals surface area contributed by atoms with Gasteiger partial charge in [-0.15, -0.1) is 0 Å². The molecule has 0 amide bonds. The van der Waals surface area contributed by atoms with Gasteiger partial charge < -0.3 is 9.11 Å². The number of unbranched alkanes of at least 4 members (excludes halogenated alkanes) is 1. The van der Waals surface area contributed by atoms with Crippen LogP contribution < -0.4 is 0 Å². The third kappa shape index (κ3) is 3.98. The van der Waals surface area contributed by atoms with Gasteiger partial charge in [0.1, 0.15) is 0 Å². The van der Waals surface area contributed by atoms with E-state index in [-0.39, 0.29) is 5.41 Å². The molecule has 5 heteroatoms. The van der Waals surface area contributed by atoms with Crippen molar-refractivity contribution >= 4 is 22.8 Å². The zero-order valence-corrected chi connectivity index (χ0v) is 13.3. The molecule has 0 bridgehead atoms. The number of rotatable bonds is 3. The van der Waals surface area contributed by atoms with Crippen LogP contribution in [-0.4, -0.2) is 19.0 Å². The first-order valence-corrected chi connectivity index (χ1v) is 7.80. The van der Waals surface area contributed by atoms with Gasteiger partial charge in [-0.05, 0) is 37.0 Å². The lowest BCUT2D eigenvalue weighted by atomic mass is 9.79. The summed E-state index contributed by atoms with van der Waals surface area (Å²) in [6.45, 7) is 8.96. The van der Waals surface area contributed by atoms with Gasteiger partial charge in [-0.3, -0.25) is 4.99 Å². The Kier molecular flexibility index (Phi) is 6.05. The molecule has 0 saturated heterocycles. The molecule has 1 aromatic carbocycles. The zero-order valence-electron chi connectivity index (χ0n) is 12.5. The molecule has 1 heterocycles. The minimum Gasteiger partial charge on any atom is -0.750 e. The smallest absolute Gasteiger partial charge is 0.0814 e. The molecule has 20 heavy (non-hydrogen) atoms. The second-order valence-electron chi connectivity index (χ2n) is 5.45. The number of benzene rings is 1. The van der Waals surface area contributed by atoms with Gasteiger partial charge in [-0.2, -0.15) is 0 Å². The maximum Gasteiger partial charge on any atom is 0.0814 e. The van der Waals surface area contributed by atoms with E-state index in [1.54, 1.807) is 0 Å². The molecule has 2 rings (SSSR count). The summed E-state index contributed by atoms with van der Waals surface area (Å²) in [5, 5.41) is 0. The van der Waals surface area contributed by atoms with Crippen LogP contribution in [0.4, 0.5) is 5.69 Å². The Hall–Kier alpha value is -1.04. The van der Waals surface area contributed by atoms with Gasteiger partial charge in [0.15, 0.2) is 0 Å². The van der Waals surface area contributed by atoms with Crippen LogP contribution >= 0.6 is 0 Å². The van der Waals surface area contributed by atoms with Crippen LogP contribution in [-0.2, 0) is 23.2 Å². The summed E-state index contributed by atoms with van der Waals surface area (Å²) in [5.41, 5.74) is 5.51. The van der Waals surface area contributed by atoms with Crippen molar-refractivity contribution < 1.29 is 13.3 Å². The molecule has 1 N–H and O–H groups in total. The predicted molar refractivity (Wildman–Crippen MR) is 82.4 cm³/mol. The van der Waals surface area contributed by atoms with Crippen molar-refractivity contribution in [3.63, 3.8) is 0 Å². The lowest BCUT2D eigenvalue weighted by Crippen LogP contribution is -2.24. The quantitative estimate of drug-likeness (QED) is 0.863. The van der Waals surface area contributed by atoms with Crippen LogP contribution in [0.25, 0.3) is 0 Å². The van der Waals surface area contributed by atoms with E-state index in [9.17, 15) is 0 Å². The normalized spacial score (nSPS) is 16.8. The third-order valence-electron chi connectivity index (χ3n) is 3.75. The number of hydrogen-bond donors (Lipinski definition) is 1. The number of aliphatic imine (C=N–C) groups is 1. The van der Waals surface area contributed by atoms with Crippen molar-refractivity contribution in [2.45, 2.75) is 52.4 Å². The van der Waals surface area contributed by atoms with E-state index in [1.807, 2.05) is 0 Å². The molecule has 1 unspecified atom stereocenters. The van der Waals surface area contributed by atoms with Crippen molar-refractivity contribution in [2.24, 2.45) is 4.99 Å². The lowest BCUT2D eigenvalue weighted by molar-refractivity contribution is 0.436. The molecule has 4 nitrogen and oxygen atoms in total. The molecule has 0 saturated carbocycles. The minimum atomic E-state index is -2.86. The fourth-order valence-corrected chi connectivity index (χ4v) is 2.48. The Morgan fingerprint density at radius 1 is 1.40 bits per heavy atom. The van der Waals surface area contributed by atoms with E-state index >= 15 is 0 Å². The standard InChI is InChI=1S/C15H21N.H2O3S/c1-5-6-8-12-9-7-10-13-14(12)15(3,4)11(2)16-13;1-4(2)3/h7,9-10H,5-6,8H2,1-4H3;(H2,1,2,3)/p-1. The van der Waals surface area contributed by atoms with Crippen molar-refractivity contribution in [3.05, 3.63) is 29.3 Å². The Labute approximate surface area is 123 Å². The van der Waals surface area contributed by atoms with Crippen LogP contribution in [0.5, 0.6) is 0 Å². The average Bonchev–Trinajstić information content (AvgIpc) is 2.57. The summed E-state index contributed by atoms with van der Waals surface area (Å²) in [6.07, 6.45) is 3.71. The Morgan fingerprint density at radius 3 is 2.55 bits per heavy atom. The highest BCUT2D eigenvalue weighted by Crippen LogP contribution is 2.42. The van der Waals surface area contributed by atoms with Gasteiger partial charge in [-0.1, -0.05) is 39.3 Å². The molecule has 1 aliphatic rings. The minimum absolute atomic E-state index is 0.125. The van der Waals surface area contributed by atoms with E-state index in [0.717, 1.165) is 0 Å². The summed E-state index contributed by atoms with van der Waals surface area (Å²) in [4.78, 5) is 4.69. The van der Waals surface area contributed by atoms with E-state index in [2.05, 4.69) is 45.9 Å². The van der Waals surface area contributed by atoms with E-state index in [1.165, 1.54) is 41.8 Å². The van der Waals surface area contributed by atoms with E-state index < -0.39 is 11.4 Å². The highest BCUT2D eigenvalue weighted by atomic mass is 32.2. The molecule has 0 aromatic heterocycles. The Bertz CT molecular complexity index is 520. The first kappa shape index (κ1) is 17.0. The fourth-order valence-electron chi connectivity index (χ4n) is 2.48. The maximum absolute atomic E-state index is 8.56. The number of fused-ring (bicyclic) bond motifs is 1. The van der Waals surface area contributed by atoms with Crippen molar-refractivity contribution in [1.29, 1.82) is 0 Å². The number of aryl methyl sites for hydroxylation is 1. The topological polar surface area (TPSA) is 72.7 Å². The average molecular weight is 296 g/mol. The molecule has 0 radical (unpaired) electrons. The van der Waals surface area contributed by atoms with Gasteiger partial charge >= 0.3 is 0 Å². The van der Waals surface area contributed by atoms with Gasteiger partial charge in [0.25, 0.3) is 0 Å². The summed E-state index contributed by atoms with van der Waals surface area (Å²) in [6, 6.07) is 6.55. The first-order valence-electron chi connectivity index (χ1n) is 6.77. The molecule has 0 spiro atoms. The summed E-state index contributed by atoms with van der Waals surface area (Å²) in [7, 11) is 0. The van der Waals surface area contributed by atoms with Crippen LogP contribution in [0.2, 0.25) is 0 Å². The monoisotopic (exact) mass is 296 g/mol. The molecule has 1 aromatic rings. The molecular formula is C15H22NO3S-. The molecule has 1 atom stereocenters. The predicted octanol–water partition coefficient (Wildman–Crippen LogP) is 3.75. The Balaban J connectivity index is 0.000000444. The van der Waals surface area contributed by atoms with Gasteiger partial charge in [0.2, 0.25) is 0 Å². The summed E-state index contributed by atoms with van der Waals surface area (Å²) < 4.78 is 24.1. The van der Waals surface area contributed by atoms with Crippen molar-refractivity contribution in [2.75, 3.05) is 0 Å². The largest absolute Gasteiger partial charge is 0.750 e. The van der Waals surface area contributed by atoms with Crippen LogP contribution in [0.1, 0.15) is 51.7 Å². The maximum atomic E-state index is 8.56. The SMILES string of the molecule is CCCCc1cccc2c1C(C)(C)C(C)=N2.O=S([O-])O. The molecule has 1 aliphatic heterocycles. The Morgan fingerprint density at radius 2 is 2.00 bits per heavy atom. The second-order valence-corrected chi connectivity index (χ2v) is 5.89. The van der Waals surface area contributed by atoms with Crippen molar-refractivity contribution in [3.8, 4) is 0 Å². The second kappa shape index (κ2) is 7.11. The van der Waals surface area contributed by atoms with E-state index in [0.29, 0.717) is 0 Å². The molecular weight excluding hydrogens is 274 g/mol. The number of hydrogen-bond acceptors (Lipinski definition) is 3. The molecule has 0 aliphatic carbocycles. The summed E-state index contributed by atoms with van der Waals surface area (Å²) in [5.74, 6) is 0. The van der Waals surface area contributed by atoms with Gasteiger partial charge in [-0.25, -0.2) is 4.21 Å². The molecule has 0 fully saturated rings. The highest BCUT2D eigenvalue weighted by Gasteiger charge is 2.33. The van der Waals surface area contributed by atoms with Crippen LogP contribution in [0.15, 0.2) is 23.2 Å². The van der Waals surface area contributed by atoms with Gasteiger partial charge in [0.05, 0.1) is 17.0 Å². The fraction of sp³-hybridized carbons (Fsp3) is 0.533.